The van der Waals surface area contributed by atoms with Crippen LogP contribution < -0.4 is 11.1 Å². The summed E-state index contributed by atoms with van der Waals surface area (Å²) >= 11 is 0. The zero-order valence-electron chi connectivity index (χ0n) is 8.92. The highest BCUT2D eigenvalue weighted by Crippen LogP contribution is 2.33. The molecule has 0 radical (unpaired) electrons. The van der Waals surface area contributed by atoms with Gasteiger partial charge in [0.1, 0.15) is 5.82 Å². The first kappa shape index (κ1) is 12.9. The van der Waals surface area contributed by atoms with Gasteiger partial charge in [-0.25, -0.2) is 4.39 Å². The monoisotopic (exact) mass is 244 g/mol. The molecular weight excluding hydrogens is 231 g/mol. The molecule has 0 atom stereocenters. The fraction of sp³-hybridized carbons (Fsp3) is 0.364. The number of anilines is 1. The van der Waals surface area contributed by atoms with E-state index in [0.29, 0.717) is 24.1 Å². The van der Waals surface area contributed by atoms with E-state index in [1.165, 1.54) is 6.07 Å². The number of hydrogen-bond acceptors (Lipinski definition) is 2. The number of carbonyl (C=O) groups is 1. The summed E-state index contributed by atoms with van der Waals surface area (Å²) in [4.78, 5) is 11.6. The van der Waals surface area contributed by atoms with Gasteiger partial charge in [-0.05, 0) is 31.9 Å². The van der Waals surface area contributed by atoms with Gasteiger partial charge in [0.15, 0.2) is 0 Å². The highest BCUT2D eigenvalue weighted by atomic mass is 35.5. The highest BCUT2D eigenvalue weighted by Gasteiger charge is 2.46. The van der Waals surface area contributed by atoms with Crippen molar-refractivity contribution in [3.8, 4) is 0 Å². The van der Waals surface area contributed by atoms with Crippen LogP contribution in [-0.4, -0.2) is 11.4 Å². The van der Waals surface area contributed by atoms with Gasteiger partial charge in [-0.1, -0.05) is 6.07 Å². The Hall–Kier alpha value is -1.13. The summed E-state index contributed by atoms with van der Waals surface area (Å²) < 4.78 is 13.2. The van der Waals surface area contributed by atoms with E-state index in [1.807, 2.05) is 0 Å². The lowest BCUT2D eigenvalue weighted by atomic mass is 10.1. The second-order valence-electron chi connectivity index (χ2n) is 4.02. The van der Waals surface area contributed by atoms with E-state index in [0.717, 1.165) is 0 Å². The third kappa shape index (κ3) is 2.33. The van der Waals surface area contributed by atoms with Crippen molar-refractivity contribution >= 4 is 24.0 Å². The number of rotatable bonds is 2. The zero-order chi connectivity index (χ0) is 11.1. The third-order valence-corrected chi connectivity index (χ3v) is 2.76. The van der Waals surface area contributed by atoms with Gasteiger partial charge >= 0.3 is 0 Å². The molecule has 1 fully saturated rings. The van der Waals surface area contributed by atoms with Gasteiger partial charge in [-0.3, -0.25) is 4.79 Å². The van der Waals surface area contributed by atoms with Crippen LogP contribution in [0.4, 0.5) is 10.1 Å². The van der Waals surface area contributed by atoms with Crippen LogP contribution in [0.15, 0.2) is 18.2 Å². The van der Waals surface area contributed by atoms with E-state index in [2.05, 4.69) is 5.32 Å². The molecule has 0 aromatic heterocycles. The Kier molecular flexibility index (Phi) is 3.55. The quantitative estimate of drug-likeness (QED) is 0.836. The zero-order valence-corrected chi connectivity index (χ0v) is 9.73. The third-order valence-electron chi connectivity index (χ3n) is 2.76. The molecule has 1 aromatic rings. The molecule has 3 N–H and O–H groups in total. The first-order valence-corrected chi connectivity index (χ1v) is 4.88. The fourth-order valence-electron chi connectivity index (χ4n) is 1.35. The largest absolute Gasteiger partial charge is 0.324 e. The van der Waals surface area contributed by atoms with Gasteiger partial charge in [0, 0.05) is 11.3 Å². The summed E-state index contributed by atoms with van der Waals surface area (Å²) in [7, 11) is 0. The van der Waals surface area contributed by atoms with Crippen molar-refractivity contribution in [1.82, 2.24) is 0 Å². The number of carbonyl (C=O) groups excluding carboxylic acids is 1. The van der Waals surface area contributed by atoms with E-state index < -0.39 is 5.54 Å². The molecule has 3 nitrogen and oxygen atoms in total. The topological polar surface area (TPSA) is 55.1 Å². The summed E-state index contributed by atoms with van der Waals surface area (Å²) in [5.74, 6) is -0.550. The summed E-state index contributed by atoms with van der Waals surface area (Å²) in [5.41, 5.74) is 5.93. The van der Waals surface area contributed by atoms with Crippen molar-refractivity contribution in [1.29, 1.82) is 0 Å². The molecule has 1 saturated carbocycles. The second-order valence-corrected chi connectivity index (χ2v) is 4.02. The molecule has 0 spiro atoms. The lowest BCUT2D eigenvalue weighted by Gasteiger charge is -2.12. The number of hydrogen-bond donors (Lipinski definition) is 2. The summed E-state index contributed by atoms with van der Waals surface area (Å²) in [6.45, 7) is 1.63. The fourth-order valence-corrected chi connectivity index (χ4v) is 1.35. The normalized spacial score (nSPS) is 16.2. The predicted octanol–water partition coefficient (Wildman–Crippen LogP) is 1.99. The van der Waals surface area contributed by atoms with Crippen molar-refractivity contribution in [3.63, 3.8) is 0 Å². The molecule has 0 bridgehead atoms. The van der Waals surface area contributed by atoms with Gasteiger partial charge in [0.05, 0.1) is 5.54 Å². The van der Waals surface area contributed by atoms with Crippen molar-refractivity contribution in [2.75, 3.05) is 5.32 Å². The van der Waals surface area contributed by atoms with Gasteiger partial charge in [-0.2, -0.15) is 0 Å². The molecule has 1 aliphatic rings. The first-order valence-electron chi connectivity index (χ1n) is 4.88. The van der Waals surface area contributed by atoms with Crippen LogP contribution in [0.5, 0.6) is 0 Å². The van der Waals surface area contributed by atoms with Gasteiger partial charge < -0.3 is 11.1 Å². The Bertz CT molecular complexity index is 418. The SMILES string of the molecule is Cc1c(F)cccc1NC(=O)C1(N)CC1.Cl. The number of nitrogens with one attached hydrogen (secondary N) is 1. The van der Waals surface area contributed by atoms with Crippen molar-refractivity contribution < 1.29 is 9.18 Å². The van der Waals surface area contributed by atoms with Crippen LogP contribution in [-0.2, 0) is 4.79 Å². The van der Waals surface area contributed by atoms with Crippen molar-refractivity contribution in [3.05, 3.63) is 29.6 Å². The van der Waals surface area contributed by atoms with Crippen LogP contribution in [0.1, 0.15) is 18.4 Å². The lowest BCUT2D eigenvalue weighted by Crippen LogP contribution is -2.38. The highest BCUT2D eigenvalue weighted by molar-refractivity contribution is 6.00. The summed E-state index contributed by atoms with van der Waals surface area (Å²) in [6.07, 6.45) is 1.40. The second kappa shape index (κ2) is 4.39. The average Bonchev–Trinajstić information content (AvgIpc) is 2.93. The van der Waals surface area contributed by atoms with E-state index >= 15 is 0 Å². The van der Waals surface area contributed by atoms with E-state index in [-0.39, 0.29) is 24.1 Å². The molecule has 1 aromatic carbocycles. The molecule has 0 aliphatic heterocycles. The van der Waals surface area contributed by atoms with Crippen LogP contribution in [0.2, 0.25) is 0 Å². The standard InChI is InChI=1S/C11H13FN2O.ClH/c1-7-8(12)3-2-4-9(7)14-10(15)11(13)5-6-11;/h2-4H,5-6,13H2,1H3,(H,14,15);1H. The maximum atomic E-state index is 13.2. The Morgan fingerprint density at radius 2 is 2.12 bits per heavy atom. The Balaban J connectivity index is 0.00000128. The molecular formula is C11H14ClFN2O. The van der Waals surface area contributed by atoms with Crippen molar-refractivity contribution in [2.24, 2.45) is 5.73 Å². The Labute approximate surface area is 99.6 Å². The van der Waals surface area contributed by atoms with Gasteiger partial charge in [0.25, 0.3) is 0 Å². The van der Waals surface area contributed by atoms with Gasteiger partial charge in [-0.15, -0.1) is 12.4 Å². The number of amides is 1. The molecule has 1 aliphatic carbocycles. The number of nitrogens with two attached hydrogens (primary N) is 1. The minimum Gasteiger partial charge on any atom is -0.324 e. The van der Waals surface area contributed by atoms with E-state index in [1.54, 1.807) is 19.1 Å². The van der Waals surface area contributed by atoms with Crippen LogP contribution in [0.25, 0.3) is 0 Å². The summed E-state index contributed by atoms with van der Waals surface area (Å²) in [5, 5.41) is 2.65. The van der Waals surface area contributed by atoms with Gasteiger partial charge in [0.2, 0.25) is 5.91 Å². The smallest absolute Gasteiger partial charge is 0.244 e. The minimum absolute atomic E-state index is 0. The molecule has 0 heterocycles. The average molecular weight is 245 g/mol. The van der Waals surface area contributed by atoms with Crippen molar-refractivity contribution in [2.45, 2.75) is 25.3 Å². The van der Waals surface area contributed by atoms with Crippen LogP contribution in [0, 0.1) is 12.7 Å². The lowest BCUT2D eigenvalue weighted by molar-refractivity contribution is -0.118. The van der Waals surface area contributed by atoms with E-state index in [9.17, 15) is 9.18 Å². The molecule has 1 amide bonds. The minimum atomic E-state index is -0.723. The molecule has 0 unspecified atom stereocenters. The van der Waals surface area contributed by atoms with Crippen LogP contribution in [0.3, 0.4) is 0 Å². The first-order chi connectivity index (χ1) is 7.03. The molecule has 16 heavy (non-hydrogen) atoms. The Morgan fingerprint density at radius 3 is 2.69 bits per heavy atom. The number of halogens is 2. The molecule has 5 heteroatoms. The van der Waals surface area contributed by atoms with E-state index in [4.69, 9.17) is 5.73 Å². The molecule has 2 rings (SSSR count). The summed E-state index contributed by atoms with van der Waals surface area (Å²) in [6, 6.07) is 4.59. The molecule has 0 saturated heterocycles. The maximum absolute atomic E-state index is 13.2. The number of benzene rings is 1. The van der Waals surface area contributed by atoms with Crippen LogP contribution >= 0.6 is 12.4 Å². The maximum Gasteiger partial charge on any atom is 0.244 e. The molecule has 88 valence electrons. The predicted molar refractivity (Wildman–Crippen MR) is 63.2 cm³/mol. The Morgan fingerprint density at radius 1 is 1.50 bits per heavy atom.